The summed E-state index contributed by atoms with van der Waals surface area (Å²) in [6.45, 7) is 1.96. The quantitative estimate of drug-likeness (QED) is 0.781. The summed E-state index contributed by atoms with van der Waals surface area (Å²) in [5.74, 6) is -1.19. The van der Waals surface area contributed by atoms with Crippen molar-refractivity contribution < 1.29 is 9.59 Å². The Balaban J connectivity index is 2.02. The third kappa shape index (κ3) is 2.01. The summed E-state index contributed by atoms with van der Waals surface area (Å²) in [5.41, 5.74) is 2.52. The standard InChI is InChI=1S/C16H12N2O2/c1-11-7-9-13(10-8-11)18-16(20)15(19)14(17-18)12-5-3-2-4-6-12/h2-10H,1H3. The molecular formula is C16H12N2O2. The maximum absolute atomic E-state index is 12.0. The molecule has 3 rings (SSSR count). The van der Waals surface area contributed by atoms with E-state index in [2.05, 4.69) is 5.10 Å². The molecule has 0 atom stereocenters. The highest BCUT2D eigenvalue weighted by Crippen LogP contribution is 2.21. The number of amides is 1. The van der Waals surface area contributed by atoms with Crippen LogP contribution < -0.4 is 5.01 Å². The van der Waals surface area contributed by atoms with Gasteiger partial charge < -0.3 is 0 Å². The SMILES string of the molecule is Cc1ccc(N2N=C(c3ccccc3)C(=O)C2=O)cc1. The van der Waals surface area contributed by atoms with Crippen molar-refractivity contribution in [1.82, 2.24) is 0 Å². The zero-order valence-electron chi connectivity index (χ0n) is 10.9. The Morgan fingerprint density at radius 2 is 1.55 bits per heavy atom. The average molecular weight is 264 g/mol. The first-order valence-electron chi connectivity index (χ1n) is 6.26. The van der Waals surface area contributed by atoms with Gasteiger partial charge in [0, 0.05) is 5.56 Å². The molecule has 1 heterocycles. The lowest BCUT2D eigenvalue weighted by Crippen LogP contribution is -2.27. The summed E-state index contributed by atoms with van der Waals surface area (Å²) >= 11 is 0. The maximum Gasteiger partial charge on any atom is 0.321 e. The summed E-state index contributed by atoms with van der Waals surface area (Å²) in [7, 11) is 0. The fraction of sp³-hybridized carbons (Fsp3) is 0.0625. The number of benzene rings is 2. The average Bonchev–Trinajstić information content (AvgIpc) is 2.77. The van der Waals surface area contributed by atoms with Crippen molar-refractivity contribution in [2.45, 2.75) is 6.92 Å². The largest absolute Gasteiger partial charge is 0.321 e. The summed E-state index contributed by atoms with van der Waals surface area (Å²) in [4.78, 5) is 24.1. The van der Waals surface area contributed by atoms with Crippen LogP contribution in [0.25, 0.3) is 0 Å². The molecule has 0 aromatic heterocycles. The first-order valence-corrected chi connectivity index (χ1v) is 6.26. The van der Waals surface area contributed by atoms with Crippen LogP contribution in [0.3, 0.4) is 0 Å². The van der Waals surface area contributed by atoms with E-state index in [9.17, 15) is 9.59 Å². The van der Waals surface area contributed by atoms with Gasteiger partial charge in [-0.2, -0.15) is 10.1 Å². The van der Waals surface area contributed by atoms with Gasteiger partial charge in [-0.1, -0.05) is 48.0 Å². The van der Waals surface area contributed by atoms with E-state index in [1.54, 1.807) is 24.3 Å². The molecule has 0 saturated heterocycles. The van der Waals surface area contributed by atoms with E-state index in [4.69, 9.17) is 0 Å². The molecule has 0 unspecified atom stereocenters. The number of nitrogens with zero attached hydrogens (tertiary/aromatic N) is 2. The van der Waals surface area contributed by atoms with Crippen molar-refractivity contribution in [3.63, 3.8) is 0 Å². The molecule has 1 aliphatic rings. The van der Waals surface area contributed by atoms with Crippen LogP contribution in [0.1, 0.15) is 11.1 Å². The lowest BCUT2D eigenvalue weighted by Gasteiger charge is -2.10. The second kappa shape index (κ2) is 4.74. The molecule has 0 saturated carbocycles. The number of carbonyl (C=O) groups excluding carboxylic acids is 2. The van der Waals surface area contributed by atoms with Crippen LogP contribution >= 0.6 is 0 Å². The predicted molar refractivity (Wildman–Crippen MR) is 76.7 cm³/mol. The number of hydrogen-bond acceptors (Lipinski definition) is 3. The first kappa shape index (κ1) is 12.3. The number of aryl methyl sites for hydroxylation is 1. The molecule has 4 heteroatoms. The second-order valence-electron chi connectivity index (χ2n) is 4.60. The summed E-state index contributed by atoms with van der Waals surface area (Å²) in [5, 5.41) is 5.33. The molecule has 0 bridgehead atoms. The molecule has 0 N–H and O–H groups in total. The second-order valence-corrected chi connectivity index (χ2v) is 4.60. The van der Waals surface area contributed by atoms with Gasteiger partial charge in [0.25, 0.3) is 5.78 Å². The van der Waals surface area contributed by atoms with Gasteiger partial charge in [-0.25, -0.2) is 0 Å². The molecule has 2 aromatic rings. The van der Waals surface area contributed by atoms with Crippen LogP contribution in [-0.4, -0.2) is 17.4 Å². The van der Waals surface area contributed by atoms with Crippen LogP contribution in [0.5, 0.6) is 0 Å². The van der Waals surface area contributed by atoms with Crippen LogP contribution in [0, 0.1) is 6.92 Å². The molecule has 0 spiro atoms. The summed E-state index contributed by atoms with van der Waals surface area (Å²) in [6.07, 6.45) is 0. The van der Waals surface area contributed by atoms with E-state index >= 15 is 0 Å². The Morgan fingerprint density at radius 1 is 0.900 bits per heavy atom. The Kier molecular flexibility index (Phi) is 2.91. The number of carbonyl (C=O) groups is 2. The minimum absolute atomic E-state index is 0.191. The molecule has 0 aliphatic carbocycles. The number of anilines is 1. The third-order valence-corrected chi connectivity index (χ3v) is 3.13. The molecule has 2 aromatic carbocycles. The topological polar surface area (TPSA) is 49.7 Å². The zero-order valence-corrected chi connectivity index (χ0v) is 10.9. The number of rotatable bonds is 2. The Morgan fingerprint density at radius 3 is 2.20 bits per heavy atom. The van der Waals surface area contributed by atoms with Gasteiger partial charge in [-0.05, 0) is 19.1 Å². The Bertz CT molecular complexity index is 703. The van der Waals surface area contributed by atoms with Gasteiger partial charge >= 0.3 is 5.91 Å². The molecule has 1 amide bonds. The van der Waals surface area contributed by atoms with Crippen molar-refractivity contribution >= 4 is 23.1 Å². The van der Waals surface area contributed by atoms with Gasteiger partial charge in [0.1, 0.15) is 5.71 Å². The van der Waals surface area contributed by atoms with Gasteiger partial charge in [-0.15, -0.1) is 0 Å². The van der Waals surface area contributed by atoms with E-state index < -0.39 is 11.7 Å². The lowest BCUT2D eigenvalue weighted by molar-refractivity contribution is -0.131. The molecule has 98 valence electrons. The molecule has 20 heavy (non-hydrogen) atoms. The van der Waals surface area contributed by atoms with Crippen molar-refractivity contribution in [1.29, 1.82) is 0 Å². The van der Waals surface area contributed by atoms with Gasteiger partial charge in [0.15, 0.2) is 0 Å². The molecule has 0 radical (unpaired) electrons. The number of hydrogen-bond donors (Lipinski definition) is 0. The number of ketones is 1. The highest BCUT2D eigenvalue weighted by atomic mass is 16.2. The van der Waals surface area contributed by atoms with Gasteiger partial charge in [0.05, 0.1) is 5.69 Å². The van der Waals surface area contributed by atoms with Crippen LogP contribution in [0.15, 0.2) is 59.7 Å². The monoisotopic (exact) mass is 264 g/mol. The fourth-order valence-electron chi connectivity index (χ4n) is 2.03. The third-order valence-electron chi connectivity index (χ3n) is 3.13. The van der Waals surface area contributed by atoms with E-state index in [0.29, 0.717) is 11.3 Å². The highest BCUT2D eigenvalue weighted by Gasteiger charge is 2.35. The molecule has 0 fully saturated rings. The van der Waals surface area contributed by atoms with Crippen LogP contribution in [-0.2, 0) is 9.59 Å². The van der Waals surface area contributed by atoms with E-state index in [-0.39, 0.29) is 5.71 Å². The number of Topliss-reactive ketones (excluding diaryl/α,β-unsaturated/α-hetero) is 1. The van der Waals surface area contributed by atoms with E-state index in [0.717, 1.165) is 10.6 Å². The van der Waals surface area contributed by atoms with E-state index in [1.807, 2.05) is 37.3 Å². The fourth-order valence-corrected chi connectivity index (χ4v) is 2.03. The van der Waals surface area contributed by atoms with Gasteiger partial charge in [0.2, 0.25) is 0 Å². The van der Waals surface area contributed by atoms with Gasteiger partial charge in [-0.3, -0.25) is 9.59 Å². The lowest BCUT2D eigenvalue weighted by atomic mass is 10.1. The smallest absolute Gasteiger partial charge is 0.281 e. The first-order chi connectivity index (χ1) is 9.66. The van der Waals surface area contributed by atoms with Crippen molar-refractivity contribution in [3.8, 4) is 0 Å². The maximum atomic E-state index is 12.0. The molecule has 4 nitrogen and oxygen atoms in total. The Hall–Kier alpha value is -2.75. The normalized spacial score (nSPS) is 14.7. The summed E-state index contributed by atoms with van der Waals surface area (Å²) < 4.78 is 0. The van der Waals surface area contributed by atoms with Crippen molar-refractivity contribution in [2.75, 3.05) is 5.01 Å². The van der Waals surface area contributed by atoms with E-state index in [1.165, 1.54) is 0 Å². The van der Waals surface area contributed by atoms with Crippen LogP contribution in [0.4, 0.5) is 5.69 Å². The minimum atomic E-state index is -0.618. The number of hydrazone groups is 1. The zero-order chi connectivity index (χ0) is 14.1. The minimum Gasteiger partial charge on any atom is -0.281 e. The summed E-state index contributed by atoms with van der Waals surface area (Å²) in [6, 6.07) is 16.3. The van der Waals surface area contributed by atoms with Crippen molar-refractivity contribution in [2.24, 2.45) is 5.10 Å². The van der Waals surface area contributed by atoms with Crippen LogP contribution in [0.2, 0.25) is 0 Å². The molecular weight excluding hydrogens is 252 g/mol. The Labute approximate surface area is 116 Å². The highest BCUT2D eigenvalue weighted by molar-refractivity contribution is 6.72. The van der Waals surface area contributed by atoms with Crippen molar-refractivity contribution in [3.05, 3.63) is 65.7 Å². The molecule has 1 aliphatic heterocycles. The predicted octanol–water partition coefficient (Wildman–Crippen LogP) is 2.32.